The number of sulfonamides is 1. The third-order valence-corrected chi connectivity index (χ3v) is 4.49. The molecule has 1 heterocycles. The zero-order valence-electron chi connectivity index (χ0n) is 13.1. The lowest BCUT2D eigenvalue weighted by Crippen LogP contribution is -2.32. The molecule has 1 aromatic carbocycles. The Morgan fingerprint density at radius 3 is 2.58 bits per heavy atom. The molecule has 26 heavy (non-hydrogen) atoms. The number of benzene rings is 1. The summed E-state index contributed by atoms with van der Waals surface area (Å²) in [5.41, 5.74) is -1.94. The molecular formula is C15H11F3N2O5S. The van der Waals surface area contributed by atoms with Gasteiger partial charge in [-0.3, -0.25) is 4.79 Å². The minimum absolute atomic E-state index is 0.0217. The summed E-state index contributed by atoms with van der Waals surface area (Å²) in [7, 11) is -3.50. The molecule has 1 N–H and O–H groups in total. The van der Waals surface area contributed by atoms with Crippen molar-refractivity contribution in [2.24, 2.45) is 0 Å². The van der Waals surface area contributed by atoms with Crippen molar-refractivity contribution in [2.45, 2.75) is 17.7 Å². The minimum atomic E-state index is -5.05. The number of furan rings is 1. The molecule has 1 aromatic heterocycles. The van der Waals surface area contributed by atoms with Crippen LogP contribution < -0.4 is 4.72 Å². The second kappa shape index (κ2) is 7.19. The second-order valence-electron chi connectivity index (χ2n) is 4.95. The van der Waals surface area contributed by atoms with E-state index in [-0.39, 0.29) is 17.9 Å². The Morgan fingerprint density at radius 1 is 1.31 bits per heavy atom. The van der Waals surface area contributed by atoms with E-state index in [1.54, 1.807) is 0 Å². The van der Waals surface area contributed by atoms with Gasteiger partial charge in [0.25, 0.3) is 10.0 Å². The summed E-state index contributed by atoms with van der Waals surface area (Å²) in [5, 5.41) is 8.70. The zero-order valence-corrected chi connectivity index (χ0v) is 13.9. The second-order valence-corrected chi connectivity index (χ2v) is 6.60. The van der Waals surface area contributed by atoms with Gasteiger partial charge in [0.1, 0.15) is 12.4 Å². The summed E-state index contributed by atoms with van der Waals surface area (Å²) in [6.45, 7) is 0.0217. The fraction of sp³-hybridized carbons (Fsp3) is 0.200. The number of halogens is 3. The van der Waals surface area contributed by atoms with Crippen molar-refractivity contribution < 1.29 is 35.5 Å². The first kappa shape index (κ1) is 19.5. The topological polar surface area (TPSA) is 109 Å². The molecule has 0 aliphatic carbocycles. The summed E-state index contributed by atoms with van der Waals surface area (Å²) < 4.78 is 75.2. The first-order chi connectivity index (χ1) is 12.1. The van der Waals surface area contributed by atoms with Gasteiger partial charge >= 0.3 is 12.1 Å². The van der Waals surface area contributed by atoms with Gasteiger partial charge in [-0.15, -0.1) is 0 Å². The Hall–Kier alpha value is -2.84. The maximum absolute atomic E-state index is 13.1. The van der Waals surface area contributed by atoms with E-state index in [1.807, 2.05) is 0 Å². The van der Waals surface area contributed by atoms with Crippen LogP contribution in [0.3, 0.4) is 0 Å². The molecule has 0 saturated heterocycles. The highest BCUT2D eigenvalue weighted by Gasteiger charge is 2.38. The molecule has 0 bridgehead atoms. The van der Waals surface area contributed by atoms with Crippen molar-refractivity contribution in [3.63, 3.8) is 0 Å². The van der Waals surface area contributed by atoms with E-state index in [4.69, 9.17) is 14.4 Å². The highest BCUT2D eigenvalue weighted by Crippen LogP contribution is 2.34. The van der Waals surface area contributed by atoms with E-state index in [0.29, 0.717) is 12.1 Å². The van der Waals surface area contributed by atoms with E-state index in [0.717, 1.165) is 12.1 Å². The number of carbonyl (C=O) groups excluding carboxylic acids is 1. The van der Waals surface area contributed by atoms with Crippen LogP contribution in [0.2, 0.25) is 0 Å². The van der Waals surface area contributed by atoms with Gasteiger partial charge in [-0.1, -0.05) is 0 Å². The van der Waals surface area contributed by atoms with Crippen molar-refractivity contribution in [1.29, 1.82) is 5.26 Å². The maximum atomic E-state index is 13.1. The van der Waals surface area contributed by atoms with Crippen LogP contribution in [-0.4, -0.2) is 21.4 Å². The lowest BCUT2D eigenvalue weighted by Gasteiger charge is -2.13. The Morgan fingerprint density at radius 2 is 2.00 bits per heavy atom. The van der Waals surface area contributed by atoms with Crippen molar-refractivity contribution in [3.05, 3.63) is 53.0 Å². The molecule has 7 nitrogen and oxygen atoms in total. The predicted octanol–water partition coefficient (Wildman–Crippen LogP) is 2.44. The number of carbonyl (C=O) groups is 1. The lowest BCUT2D eigenvalue weighted by molar-refractivity contribution is -0.139. The van der Waals surface area contributed by atoms with Gasteiger partial charge in [-0.2, -0.15) is 18.4 Å². The largest absolute Gasteiger partial charge is 0.453 e. The highest BCUT2D eigenvalue weighted by atomic mass is 32.2. The summed E-state index contributed by atoms with van der Waals surface area (Å²) in [5.74, 6) is -1.43. The molecule has 0 aliphatic rings. The van der Waals surface area contributed by atoms with Crippen LogP contribution >= 0.6 is 0 Å². The third kappa shape index (κ3) is 4.22. The first-order valence-electron chi connectivity index (χ1n) is 6.84. The number of hydrogen-bond donors (Lipinski definition) is 1. The molecule has 0 fully saturated rings. The molecule has 0 unspecified atom stereocenters. The standard InChI is InChI=1S/C15H11F3N2O5S/c1-24-8-10-3-4-12(25-10)14(21)20-26(22,23)13-5-2-9(7-19)6-11(13)15(16,17)18/h2-6H,8H2,1H3,(H,20,21). The molecule has 0 saturated carbocycles. The third-order valence-electron chi connectivity index (χ3n) is 3.10. The normalized spacial score (nSPS) is 11.8. The number of nitrogens with one attached hydrogen (secondary N) is 1. The number of rotatable bonds is 5. The van der Waals surface area contributed by atoms with Gasteiger partial charge in [-0.25, -0.2) is 13.1 Å². The average Bonchev–Trinajstić information content (AvgIpc) is 3.02. The molecule has 0 atom stereocenters. The minimum Gasteiger partial charge on any atom is -0.453 e. The van der Waals surface area contributed by atoms with E-state index < -0.39 is 38.3 Å². The number of ether oxygens (including phenoxy) is 1. The number of alkyl halides is 3. The van der Waals surface area contributed by atoms with E-state index in [1.165, 1.54) is 24.0 Å². The SMILES string of the molecule is COCc1ccc(C(=O)NS(=O)(=O)c2ccc(C#N)cc2C(F)(F)F)o1. The van der Waals surface area contributed by atoms with Crippen LogP contribution in [0, 0.1) is 11.3 Å². The first-order valence-corrected chi connectivity index (χ1v) is 8.33. The Balaban J connectivity index is 2.38. The van der Waals surface area contributed by atoms with Crippen molar-refractivity contribution in [1.82, 2.24) is 4.72 Å². The van der Waals surface area contributed by atoms with Crippen molar-refractivity contribution >= 4 is 15.9 Å². The fourth-order valence-corrected chi connectivity index (χ4v) is 3.17. The van der Waals surface area contributed by atoms with Crippen molar-refractivity contribution in [3.8, 4) is 6.07 Å². The highest BCUT2D eigenvalue weighted by molar-refractivity contribution is 7.90. The van der Waals surface area contributed by atoms with E-state index >= 15 is 0 Å². The summed E-state index contributed by atoms with van der Waals surface area (Å²) in [6.07, 6.45) is -5.05. The summed E-state index contributed by atoms with van der Waals surface area (Å²) >= 11 is 0. The van der Waals surface area contributed by atoms with Crippen LogP contribution in [0.25, 0.3) is 0 Å². The molecular weight excluding hydrogens is 377 g/mol. The Labute approximate surface area is 146 Å². The van der Waals surface area contributed by atoms with Crippen LogP contribution in [0.15, 0.2) is 39.6 Å². The summed E-state index contributed by atoms with van der Waals surface area (Å²) in [6, 6.07) is 5.90. The molecule has 2 rings (SSSR count). The maximum Gasteiger partial charge on any atom is 0.417 e. The molecule has 0 radical (unpaired) electrons. The molecule has 2 aromatic rings. The zero-order chi connectivity index (χ0) is 19.5. The van der Waals surface area contributed by atoms with Crippen LogP contribution in [0.1, 0.15) is 27.4 Å². The van der Waals surface area contributed by atoms with Gasteiger partial charge in [0, 0.05) is 7.11 Å². The number of nitriles is 1. The number of nitrogens with zero attached hydrogens (tertiary/aromatic N) is 1. The van der Waals surface area contributed by atoms with Gasteiger partial charge in [0.2, 0.25) is 0 Å². The van der Waals surface area contributed by atoms with Gasteiger partial charge in [0.15, 0.2) is 5.76 Å². The van der Waals surface area contributed by atoms with Crippen LogP contribution in [0.4, 0.5) is 13.2 Å². The van der Waals surface area contributed by atoms with Crippen LogP contribution in [-0.2, 0) is 27.5 Å². The average molecular weight is 388 g/mol. The smallest absolute Gasteiger partial charge is 0.417 e. The van der Waals surface area contributed by atoms with Gasteiger partial charge < -0.3 is 9.15 Å². The molecule has 11 heteroatoms. The fourth-order valence-electron chi connectivity index (χ4n) is 2.00. The van der Waals surface area contributed by atoms with E-state index in [2.05, 4.69) is 0 Å². The molecule has 0 aliphatic heterocycles. The number of methoxy groups -OCH3 is 1. The lowest BCUT2D eigenvalue weighted by atomic mass is 10.1. The number of hydrogen-bond acceptors (Lipinski definition) is 6. The predicted molar refractivity (Wildman–Crippen MR) is 80.2 cm³/mol. The quantitative estimate of drug-likeness (QED) is 0.843. The molecule has 138 valence electrons. The van der Waals surface area contributed by atoms with E-state index in [9.17, 15) is 26.4 Å². The Kier molecular flexibility index (Phi) is 5.38. The Bertz CT molecular complexity index is 974. The molecule has 0 spiro atoms. The monoisotopic (exact) mass is 388 g/mol. The number of amides is 1. The summed E-state index contributed by atoms with van der Waals surface area (Å²) in [4.78, 5) is 10.8. The van der Waals surface area contributed by atoms with Gasteiger partial charge in [-0.05, 0) is 30.3 Å². The van der Waals surface area contributed by atoms with Crippen molar-refractivity contribution in [2.75, 3.05) is 7.11 Å². The van der Waals surface area contributed by atoms with Gasteiger partial charge in [0.05, 0.1) is 22.1 Å². The molecule has 1 amide bonds. The van der Waals surface area contributed by atoms with Crippen LogP contribution in [0.5, 0.6) is 0 Å².